The molecule has 2 rings (SSSR count). The summed E-state index contributed by atoms with van der Waals surface area (Å²) >= 11 is 1.68. The smallest absolute Gasteiger partial charge is 0.317 e. The number of amides is 2. The number of hydrogen-bond acceptors (Lipinski definition) is 4. The van der Waals surface area contributed by atoms with E-state index in [1.54, 1.807) is 11.8 Å². The largest absolute Gasteiger partial charge is 0.338 e. The number of thioether (sulfide) groups is 1. The lowest BCUT2D eigenvalue weighted by Crippen LogP contribution is -2.39. The maximum Gasteiger partial charge on any atom is 0.317 e. The second-order valence-corrected chi connectivity index (χ2v) is 5.80. The van der Waals surface area contributed by atoms with E-state index in [4.69, 9.17) is 0 Å². The molecule has 2 heterocycles. The average Bonchev–Trinajstić information content (AvgIpc) is 3.03. The van der Waals surface area contributed by atoms with Gasteiger partial charge in [-0.1, -0.05) is 18.7 Å². The maximum atomic E-state index is 11.8. The van der Waals surface area contributed by atoms with Crippen LogP contribution in [0.2, 0.25) is 0 Å². The third kappa shape index (κ3) is 3.62. The summed E-state index contributed by atoms with van der Waals surface area (Å²) in [6.07, 6.45) is 2.95. The van der Waals surface area contributed by atoms with E-state index in [1.807, 2.05) is 16.5 Å². The highest BCUT2D eigenvalue weighted by Gasteiger charge is 2.17. The van der Waals surface area contributed by atoms with Crippen LogP contribution in [-0.4, -0.2) is 51.1 Å². The third-order valence-corrected chi connectivity index (χ3v) is 4.12. The number of carbonyl (C=O) groups is 1. The highest BCUT2D eigenvalue weighted by molar-refractivity contribution is 7.99. The molecule has 0 radical (unpaired) electrons. The number of likely N-dealkylation sites (tertiary alicyclic amines) is 1. The van der Waals surface area contributed by atoms with Crippen molar-refractivity contribution in [2.24, 2.45) is 7.05 Å². The first-order chi connectivity index (χ1) is 9.22. The van der Waals surface area contributed by atoms with Gasteiger partial charge >= 0.3 is 6.03 Å². The van der Waals surface area contributed by atoms with Crippen molar-refractivity contribution in [2.75, 3.05) is 25.4 Å². The summed E-state index contributed by atoms with van der Waals surface area (Å²) < 4.78 is 2.00. The van der Waals surface area contributed by atoms with Crippen molar-refractivity contribution in [2.45, 2.75) is 31.3 Å². The molecule has 19 heavy (non-hydrogen) atoms. The summed E-state index contributed by atoms with van der Waals surface area (Å²) in [5.41, 5.74) is 0. The fraction of sp³-hybridized carbons (Fsp3) is 0.750. The Bertz CT molecular complexity index is 428. The molecule has 1 saturated heterocycles. The topological polar surface area (TPSA) is 63.1 Å². The standard InChI is InChI=1S/C12H21N5OS/c1-3-19-12-15-14-10(16(12)2)6-7-13-11(18)17-8-4-5-9-17/h3-9H2,1-2H3,(H,13,18). The molecule has 1 aromatic rings. The molecular formula is C12H21N5OS. The lowest BCUT2D eigenvalue weighted by atomic mass is 10.4. The second kappa shape index (κ2) is 6.79. The van der Waals surface area contributed by atoms with E-state index in [-0.39, 0.29) is 6.03 Å². The molecule has 7 heteroatoms. The van der Waals surface area contributed by atoms with E-state index in [2.05, 4.69) is 22.4 Å². The first kappa shape index (κ1) is 14.2. The Labute approximate surface area is 117 Å². The maximum absolute atomic E-state index is 11.8. The van der Waals surface area contributed by atoms with Gasteiger partial charge in [-0.3, -0.25) is 0 Å². The fourth-order valence-corrected chi connectivity index (χ4v) is 2.79. The van der Waals surface area contributed by atoms with Crippen molar-refractivity contribution in [3.8, 4) is 0 Å². The minimum Gasteiger partial charge on any atom is -0.338 e. The molecule has 0 saturated carbocycles. The molecule has 106 valence electrons. The van der Waals surface area contributed by atoms with Crippen LogP contribution in [0.15, 0.2) is 5.16 Å². The van der Waals surface area contributed by atoms with Gasteiger partial charge in [-0.25, -0.2) is 4.79 Å². The first-order valence-corrected chi connectivity index (χ1v) is 7.74. The van der Waals surface area contributed by atoms with Gasteiger partial charge in [-0.15, -0.1) is 10.2 Å². The zero-order chi connectivity index (χ0) is 13.7. The molecule has 0 aliphatic carbocycles. The SMILES string of the molecule is CCSc1nnc(CCNC(=O)N2CCCC2)n1C. The van der Waals surface area contributed by atoms with Gasteiger partial charge in [0.2, 0.25) is 0 Å². The summed E-state index contributed by atoms with van der Waals surface area (Å²) in [6.45, 7) is 4.47. The Morgan fingerprint density at radius 2 is 2.11 bits per heavy atom. The monoisotopic (exact) mass is 283 g/mol. The van der Waals surface area contributed by atoms with Crippen LogP contribution < -0.4 is 5.32 Å². The molecule has 0 aromatic carbocycles. The van der Waals surface area contributed by atoms with E-state index in [9.17, 15) is 4.79 Å². The Balaban J connectivity index is 1.77. The van der Waals surface area contributed by atoms with E-state index < -0.39 is 0 Å². The first-order valence-electron chi connectivity index (χ1n) is 6.76. The van der Waals surface area contributed by atoms with Crippen molar-refractivity contribution in [3.05, 3.63) is 5.82 Å². The van der Waals surface area contributed by atoms with E-state index in [1.165, 1.54) is 0 Å². The van der Waals surface area contributed by atoms with Gasteiger partial charge in [0.1, 0.15) is 5.82 Å². The molecule has 2 amide bonds. The minimum atomic E-state index is 0.0443. The Kier molecular flexibility index (Phi) is 5.07. The molecule has 0 unspecified atom stereocenters. The number of nitrogens with zero attached hydrogens (tertiary/aromatic N) is 4. The zero-order valence-corrected chi connectivity index (χ0v) is 12.4. The van der Waals surface area contributed by atoms with Crippen LogP contribution in [0, 0.1) is 0 Å². The van der Waals surface area contributed by atoms with Crippen LogP contribution in [0.4, 0.5) is 4.79 Å². The summed E-state index contributed by atoms with van der Waals surface area (Å²) in [6, 6.07) is 0.0443. The van der Waals surface area contributed by atoms with Crippen LogP contribution in [0.25, 0.3) is 0 Å². The second-order valence-electron chi connectivity index (χ2n) is 4.57. The van der Waals surface area contributed by atoms with Gasteiger partial charge in [0.25, 0.3) is 0 Å². The number of nitrogens with one attached hydrogen (secondary N) is 1. The quantitative estimate of drug-likeness (QED) is 0.827. The fourth-order valence-electron chi connectivity index (χ4n) is 2.13. The van der Waals surface area contributed by atoms with E-state index in [0.717, 1.165) is 42.7 Å². The van der Waals surface area contributed by atoms with Gasteiger partial charge in [-0.05, 0) is 18.6 Å². The Hall–Kier alpha value is -1.24. The summed E-state index contributed by atoms with van der Waals surface area (Å²) in [5, 5.41) is 12.2. The average molecular weight is 283 g/mol. The zero-order valence-electron chi connectivity index (χ0n) is 11.6. The molecule has 0 atom stereocenters. The number of urea groups is 1. The summed E-state index contributed by atoms with van der Waals surface area (Å²) in [7, 11) is 1.97. The third-order valence-electron chi connectivity index (χ3n) is 3.22. The van der Waals surface area contributed by atoms with Crippen molar-refractivity contribution >= 4 is 17.8 Å². The van der Waals surface area contributed by atoms with Crippen molar-refractivity contribution in [3.63, 3.8) is 0 Å². The highest BCUT2D eigenvalue weighted by atomic mass is 32.2. The van der Waals surface area contributed by atoms with Crippen LogP contribution in [0.3, 0.4) is 0 Å². The number of hydrogen-bond donors (Lipinski definition) is 1. The van der Waals surface area contributed by atoms with Crippen LogP contribution in [0.1, 0.15) is 25.6 Å². The van der Waals surface area contributed by atoms with Gasteiger partial charge in [0, 0.05) is 33.1 Å². The predicted octanol–water partition coefficient (Wildman–Crippen LogP) is 1.27. The lowest BCUT2D eigenvalue weighted by molar-refractivity contribution is 0.209. The van der Waals surface area contributed by atoms with Crippen LogP contribution in [-0.2, 0) is 13.5 Å². The van der Waals surface area contributed by atoms with Gasteiger partial charge < -0.3 is 14.8 Å². The van der Waals surface area contributed by atoms with E-state index in [0.29, 0.717) is 13.0 Å². The molecular weight excluding hydrogens is 262 g/mol. The van der Waals surface area contributed by atoms with Gasteiger partial charge in [0.15, 0.2) is 5.16 Å². The van der Waals surface area contributed by atoms with Crippen molar-refractivity contribution in [1.29, 1.82) is 0 Å². The van der Waals surface area contributed by atoms with Gasteiger partial charge in [0.05, 0.1) is 0 Å². The number of rotatable bonds is 5. The lowest BCUT2D eigenvalue weighted by Gasteiger charge is -2.15. The van der Waals surface area contributed by atoms with Crippen molar-refractivity contribution < 1.29 is 4.79 Å². The molecule has 0 bridgehead atoms. The molecule has 1 aromatic heterocycles. The summed E-state index contributed by atoms with van der Waals surface area (Å²) in [4.78, 5) is 13.7. The molecule has 6 nitrogen and oxygen atoms in total. The molecule has 1 N–H and O–H groups in total. The molecule has 1 fully saturated rings. The normalized spacial score (nSPS) is 14.9. The van der Waals surface area contributed by atoms with Crippen LogP contribution in [0.5, 0.6) is 0 Å². The number of carbonyl (C=O) groups excluding carboxylic acids is 1. The van der Waals surface area contributed by atoms with Gasteiger partial charge in [-0.2, -0.15) is 0 Å². The predicted molar refractivity (Wildman–Crippen MR) is 75.3 cm³/mol. The molecule has 1 aliphatic rings. The minimum absolute atomic E-state index is 0.0443. The molecule has 0 spiro atoms. The van der Waals surface area contributed by atoms with Crippen molar-refractivity contribution in [1.82, 2.24) is 25.0 Å². The van der Waals surface area contributed by atoms with Crippen LogP contribution >= 0.6 is 11.8 Å². The van der Waals surface area contributed by atoms with E-state index >= 15 is 0 Å². The highest BCUT2D eigenvalue weighted by Crippen LogP contribution is 2.14. The Morgan fingerprint density at radius 3 is 2.79 bits per heavy atom. The molecule has 1 aliphatic heterocycles. The Morgan fingerprint density at radius 1 is 1.37 bits per heavy atom. The number of aromatic nitrogens is 3. The summed E-state index contributed by atoms with van der Waals surface area (Å²) in [5.74, 6) is 1.90.